The highest BCUT2D eigenvalue weighted by molar-refractivity contribution is 9.10. The monoisotopic (exact) mass is 519 g/mol. The van der Waals surface area contributed by atoms with Gasteiger partial charge in [0.2, 0.25) is 0 Å². The molecule has 2 atom stereocenters. The number of hydrogen-bond acceptors (Lipinski definition) is 5. The summed E-state index contributed by atoms with van der Waals surface area (Å²) in [5.74, 6) is 1.68. The molecule has 0 aliphatic carbocycles. The Bertz CT molecular complexity index is 1210. The number of benzene rings is 2. The van der Waals surface area contributed by atoms with E-state index in [1.807, 2.05) is 32.9 Å². The molecule has 1 heterocycles. The Morgan fingerprint density at radius 2 is 1.97 bits per heavy atom. The lowest BCUT2D eigenvalue weighted by Crippen LogP contribution is -2.23. The Hall–Kier alpha value is -2.38. The zero-order valence-corrected chi connectivity index (χ0v) is 21.2. The van der Waals surface area contributed by atoms with Crippen LogP contribution in [0.2, 0.25) is 5.02 Å². The molecule has 32 heavy (non-hydrogen) atoms. The van der Waals surface area contributed by atoms with E-state index >= 15 is 0 Å². The van der Waals surface area contributed by atoms with Gasteiger partial charge in [0.25, 0.3) is 5.56 Å². The lowest BCUT2D eigenvalue weighted by atomic mass is 10.1. The second-order valence-corrected chi connectivity index (χ2v) is 9.02. The molecule has 0 fully saturated rings. The van der Waals surface area contributed by atoms with Gasteiger partial charge < -0.3 is 9.47 Å². The first-order valence-electron chi connectivity index (χ1n) is 10.6. The summed E-state index contributed by atoms with van der Waals surface area (Å²) >= 11 is 9.73. The van der Waals surface area contributed by atoms with Crippen LogP contribution in [0.1, 0.15) is 57.8 Å². The standard InChI is InChI=1S/C24H27BrClN3O3/c1-6-14(3)23-28-20-9-8-17(25)11-19(20)24(30)29(23)27-13-16-10-18(26)12-21(31-5)22(16)32-15(4)7-2/h8-15H,6-7H2,1-5H3/t14-,15+/m1/s1. The first-order valence-corrected chi connectivity index (χ1v) is 11.8. The van der Waals surface area contributed by atoms with Crippen molar-refractivity contribution in [3.8, 4) is 11.5 Å². The van der Waals surface area contributed by atoms with Crippen molar-refractivity contribution < 1.29 is 9.47 Å². The van der Waals surface area contributed by atoms with E-state index in [1.54, 1.807) is 31.5 Å². The van der Waals surface area contributed by atoms with Crippen LogP contribution in [0.15, 0.2) is 44.7 Å². The third-order valence-corrected chi connectivity index (χ3v) is 6.07. The average Bonchev–Trinajstić information content (AvgIpc) is 2.79. The van der Waals surface area contributed by atoms with Crippen LogP contribution in [0, 0.1) is 0 Å². The quantitative estimate of drug-likeness (QED) is 0.323. The Morgan fingerprint density at radius 3 is 2.62 bits per heavy atom. The summed E-state index contributed by atoms with van der Waals surface area (Å²) in [6, 6.07) is 8.91. The van der Waals surface area contributed by atoms with Crippen LogP contribution in [-0.4, -0.2) is 29.1 Å². The fraction of sp³-hybridized carbons (Fsp3) is 0.375. The predicted molar refractivity (Wildman–Crippen MR) is 134 cm³/mol. The molecule has 3 aromatic rings. The van der Waals surface area contributed by atoms with Gasteiger partial charge in [-0.2, -0.15) is 9.78 Å². The molecule has 3 rings (SSSR count). The largest absolute Gasteiger partial charge is 0.493 e. The van der Waals surface area contributed by atoms with Gasteiger partial charge in [0.1, 0.15) is 5.82 Å². The van der Waals surface area contributed by atoms with E-state index in [4.69, 9.17) is 26.1 Å². The summed E-state index contributed by atoms with van der Waals surface area (Å²) < 4.78 is 13.7. The van der Waals surface area contributed by atoms with Crippen molar-refractivity contribution in [1.82, 2.24) is 9.66 Å². The Labute approximate surface area is 201 Å². The van der Waals surface area contributed by atoms with Crippen molar-refractivity contribution >= 4 is 44.6 Å². The van der Waals surface area contributed by atoms with Crippen molar-refractivity contribution in [2.75, 3.05) is 7.11 Å². The van der Waals surface area contributed by atoms with Crippen molar-refractivity contribution in [2.45, 2.75) is 52.6 Å². The van der Waals surface area contributed by atoms with Crippen molar-refractivity contribution in [2.24, 2.45) is 5.10 Å². The van der Waals surface area contributed by atoms with Gasteiger partial charge >= 0.3 is 0 Å². The molecule has 170 valence electrons. The Kier molecular flexibility index (Phi) is 7.96. The minimum absolute atomic E-state index is 0.0321. The fourth-order valence-electron chi connectivity index (χ4n) is 3.15. The number of ether oxygens (including phenoxy) is 2. The first-order chi connectivity index (χ1) is 15.3. The number of aromatic nitrogens is 2. The predicted octanol–water partition coefficient (Wildman–Crippen LogP) is 6.39. The highest BCUT2D eigenvalue weighted by atomic mass is 79.9. The minimum atomic E-state index is -0.235. The van der Waals surface area contributed by atoms with Crippen molar-refractivity contribution in [1.29, 1.82) is 0 Å². The molecule has 0 saturated heterocycles. The van der Waals surface area contributed by atoms with Gasteiger partial charge in [-0.05, 0) is 44.0 Å². The molecule has 0 spiro atoms. The molecule has 0 aliphatic rings. The molecule has 2 aromatic carbocycles. The van der Waals surface area contributed by atoms with Crippen LogP contribution in [0.4, 0.5) is 0 Å². The first kappa shape index (κ1) is 24.3. The van der Waals surface area contributed by atoms with Gasteiger partial charge in [-0.3, -0.25) is 4.79 Å². The van der Waals surface area contributed by atoms with Crippen LogP contribution >= 0.6 is 27.5 Å². The molecular weight excluding hydrogens is 494 g/mol. The number of halogens is 2. The maximum absolute atomic E-state index is 13.3. The molecule has 0 radical (unpaired) electrons. The van der Waals surface area contributed by atoms with E-state index in [-0.39, 0.29) is 17.6 Å². The van der Waals surface area contributed by atoms with E-state index in [1.165, 1.54) is 4.68 Å². The smallest absolute Gasteiger partial charge is 0.282 e. The van der Waals surface area contributed by atoms with E-state index in [2.05, 4.69) is 28.0 Å². The van der Waals surface area contributed by atoms with E-state index in [9.17, 15) is 4.79 Å². The minimum Gasteiger partial charge on any atom is -0.493 e. The molecular formula is C24H27BrClN3O3. The van der Waals surface area contributed by atoms with E-state index in [0.29, 0.717) is 38.8 Å². The summed E-state index contributed by atoms with van der Waals surface area (Å²) in [7, 11) is 1.56. The molecule has 0 unspecified atom stereocenters. The summed E-state index contributed by atoms with van der Waals surface area (Å²) in [5, 5.41) is 5.51. The molecule has 0 amide bonds. The molecule has 0 aliphatic heterocycles. The number of fused-ring (bicyclic) bond motifs is 1. The number of rotatable bonds is 8. The normalized spacial score (nSPS) is 13.5. The van der Waals surface area contributed by atoms with Crippen molar-refractivity contribution in [3.63, 3.8) is 0 Å². The highest BCUT2D eigenvalue weighted by Gasteiger charge is 2.17. The van der Waals surface area contributed by atoms with Gasteiger partial charge in [0.15, 0.2) is 11.5 Å². The third kappa shape index (κ3) is 5.15. The lowest BCUT2D eigenvalue weighted by molar-refractivity contribution is 0.207. The van der Waals surface area contributed by atoms with Gasteiger partial charge in [-0.25, -0.2) is 4.98 Å². The van der Waals surface area contributed by atoms with Crippen LogP contribution in [0.3, 0.4) is 0 Å². The van der Waals surface area contributed by atoms with Gasteiger partial charge in [0.05, 0.1) is 30.3 Å². The molecule has 0 N–H and O–H groups in total. The van der Waals surface area contributed by atoms with Gasteiger partial charge in [-0.1, -0.05) is 48.3 Å². The van der Waals surface area contributed by atoms with E-state index in [0.717, 1.165) is 17.3 Å². The number of nitrogens with zero attached hydrogens (tertiary/aromatic N) is 3. The third-order valence-electron chi connectivity index (χ3n) is 5.36. The molecule has 8 heteroatoms. The molecule has 1 aromatic heterocycles. The topological polar surface area (TPSA) is 65.7 Å². The number of methoxy groups -OCH3 is 1. The Balaban J connectivity index is 2.21. The SMILES string of the molecule is CC[C@@H](C)c1nc2ccc(Br)cc2c(=O)n1N=Cc1cc(Cl)cc(OC)c1O[C@@H](C)CC. The van der Waals surface area contributed by atoms with E-state index < -0.39 is 0 Å². The maximum atomic E-state index is 13.3. The summed E-state index contributed by atoms with van der Waals surface area (Å²) in [6.07, 6.45) is 3.18. The maximum Gasteiger partial charge on any atom is 0.282 e. The average molecular weight is 521 g/mol. The highest BCUT2D eigenvalue weighted by Crippen LogP contribution is 2.35. The molecule has 6 nitrogen and oxygen atoms in total. The van der Waals surface area contributed by atoms with Crippen LogP contribution in [0.5, 0.6) is 11.5 Å². The van der Waals surface area contributed by atoms with Crippen LogP contribution < -0.4 is 15.0 Å². The summed E-state index contributed by atoms with van der Waals surface area (Å²) in [4.78, 5) is 18.1. The zero-order chi connectivity index (χ0) is 23.4. The van der Waals surface area contributed by atoms with Gasteiger partial charge in [0, 0.05) is 27.0 Å². The summed E-state index contributed by atoms with van der Waals surface area (Å²) in [6.45, 7) is 8.10. The Morgan fingerprint density at radius 1 is 1.22 bits per heavy atom. The van der Waals surface area contributed by atoms with Crippen LogP contribution in [-0.2, 0) is 0 Å². The second-order valence-electron chi connectivity index (χ2n) is 7.67. The lowest BCUT2D eigenvalue weighted by Gasteiger charge is -2.18. The van der Waals surface area contributed by atoms with Gasteiger partial charge in [-0.15, -0.1) is 0 Å². The molecule has 0 bridgehead atoms. The second kappa shape index (κ2) is 10.5. The molecule has 0 saturated carbocycles. The number of hydrogen-bond donors (Lipinski definition) is 0. The van der Waals surface area contributed by atoms with Crippen LogP contribution in [0.25, 0.3) is 10.9 Å². The van der Waals surface area contributed by atoms with Crippen molar-refractivity contribution in [3.05, 3.63) is 61.6 Å². The fourth-order valence-corrected chi connectivity index (χ4v) is 3.72. The summed E-state index contributed by atoms with van der Waals surface area (Å²) in [5.41, 5.74) is 1.03. The zero-order valence-electron chi connectivity index (χ0n) is 18.9.